The first kappa shape index (κ1) is 16.4. The van der Waals surface area contributed by atoms with Crippen LogP contribution in [0.2, 0.25) is 0 Å². The molecule has 0 bridgehead atoms. The van der Waals surface area contributed by atoms with Gasteiger partial charge in [-0.3, -0.25) is 4.68 Å². The Morgan fingerprint density at radius 1 is 1.38 bits per heavy atom. The molecule has 0 saturated heterocycles. The molecule has 2 aromatic rings. The van der Waals surface area contributed by atoms with Crippen LogP contribution in [0, 0.1) is 0 Å². The molecule has 0 N–H and O–H groups in total. The molecule has 1 saturated carbocycles. The second-order valence-corrected chi connectivity index (χ2v) is 5.56. The molecular weight excluding hydrogens is 325 g/mol. The first-order chi connectivity index (χ1) is 11.4. The van der Waals surface area contributed by atoms with Gasteiger partial charge in [0.2, 0.25) is 0 Å². The van der Waals surface area contributed by atoms with Crippen LogP contribution in [-0.4, -0.2) is 29.0 Å². The Bertz CT molecular complexity index is 751. The zero-order valence-electron chi connectivity index (χ0n) is 12.8. The summed E-state index contributed by atoms with van der Waals surface area (Å²) in [7, 11) is 1.24. The fourth-order valence-corrected chi connectivity index (χ4v) is 2.23. The van der Waals surface area contributed by atoms with Crippen molar-refractivity contribution in [3.63, 3.8) is 0 Å². The SMILES string of the molecule is COC(=O)c1cnn(Cc2ccc(OC3CC3)c(C(F)(F)F)c2)c1. The van der Waals surface area contributed by atoms with Crippen LogP contribution in [0.25, 0.3) is 0 Å². The summed E-state index contributed by atoms with van der Waals surface area (Å²) in [4.78, 5) is 11.4. The zero-order chi connectivity index (χ0) is 17.3. The number of ether oxygens (including phenoxy) is 2. The summed E-state index contributed by atoms with van der Waals surface area (Å²) in [5.74, 6) is -0.699. The van der Waals surface area contributed by atoms with E-state index in [1.54, 1.807) is 6.07 Å². The molecule has 0 radical (unpaired) electrons. The maximum atomic E-state index is 13.2. The smallest absolute Gasteiger partial charge is 0.419 e. The molecule has 8 heteroatoms. The van der Waals surface area contributed by atoms with Gasteiger partial charge in [0.15, 0.2) is 0 Å². The minimum absolute atomic E-state index is 0.101. The van der Waals surface area contributed by atoms with Gasteiger partial charge in [0.25, 0.3) is 0 Å². The fraction of sp³-hybridized carbons (Fsp3) is 0.375. The van der Waals surface area contributed by atoms with Crippen molar-refractivity contribution >= 4 is 5.97 Å². The van der Waals surface area contributed by atoms with E-state index in [4.69, 9.17) is 4.74 Å². The third-order valence-corrected chi connectivity index (χ3v) is 3.57. The quantitative estimate of drug-likeness (QED) is 0.784. The van der Waals surface area contributed by atoms with Crippen LogP contribution in [-0.2, 0) is 17.5 Å². The van der Waals surface area contributed by atoms with Crippen molar-refractivity contribution in [2.24, 2.45) is 0 Å². The molecule has 3 rings (SSSR count). The van der Waals surface area contributed by atoms with E-state index >= 15 is 0 Å². The molecule has 0 spiro atoms. The van der Waals surface area contributed by atoms with E-state index in [2.05, 4.69) is 9.84 Å². The normalized spacial score (nSPS) is 14.5. The molecule has 0 unspecified atom stereocenters. The van der Waals surface area contributed by atoms with Crippen LogP contribution in [0.3, 0.4) is 0 Å². The van der Waals surface area contributed by atoms with Crippen LogP contribution >= 0.6 is 0 Å². The van der Waals surface area contributed by atoms with Gasteiger partial charge in [-0.25, -0.2) is 4.79 Å². The van der Waals surface area contributed by atoms with Crippen LogP contribution in [0.15, 0.2) is 30.6 Å². The lowest BCUT2D eigenvalue weighted by Gasteiger charge is -2.15. The van der Waals surface area contributed by atoms with Crippen molar-refractivity contribution < 1.29 is 27.4 Å². The number of methoxy groups -OCH3 is 1. The van der Waals surface area contributed by atoms with Gasteiger partial charge >= 0.3 is 12.1 Å². The summed E-state index contributed by atoms with van der Waals surface area (Å²) in [6.07, 6.45) is -0.326. The van der Waals surface area contributed by atoms with Crippen molar-refractivity contribution in [2.75, 3.05) is 7.11 Å². The molecule has 1 fully saturated rings. The molecule has 0 amide bonds. The molecule has 1 aliphatic rings. The summed E-state index contributed by atoms with van der Waals surface area (Å²) in [5, 5.41) is 3.96. The standard InChI is InChI=1S/C16H15F3N2O3/c1-23-15(22)11-7-20-21(9-11)8-10-2-5-14(24-12-3-4-12)13(6-10)16(17,18)19/h2,5-7,9,12H,3-4,8H2,1H3. The van der Waals surface area contributed by atoms with Gasteiger partial charge < -0.3 is 9.47 Å². The van der Waals surface area contributed by atoms with Gasteiger partial charge in [-0.2, -0.15) is 18.3 Å². The maximum absolute atomic E-state index is 13.2. The number of hydrogen-bond acceptors (Lipinski definition) is 4. The lowest BCUT2D eigenvalue weighted by atomic mass is 10.1. The van der Waals surface area contributed by atoms with Gasteiger partial charge in [-0.15, -0.1) is 0 Å². The topological polar surface area (TPSA) is 53.3 Å². The van der Waals surface area contributed by atoms with Gasteiger partial charge in [0, 0.05) is 6.20 Å². The number of halogens is 3. The van der Waals surface area contributed by atoms with Gasteiger partial charge in [-0.05, 0) is 30.5 Å². The monoisotopic (exact) mass is 340 g/mol. The minimum atomic E-state index is -4.50. The Morgan fingerprint density at radius 2 is 2.12 bits per heavy atom. The Balaban J connectivity index is 1.83. The second kappa shape index (κ2) is 6.18. The Kier molecular flexibility index (Phi) is 4.21. The van der Waals surface area contributed by atoms with Crippen molar-refractivity contribution in [1.29, 1.82) is 0 Å². The summed E-state index contributed by atoms with van der Waals surface area (Å²) in [6.45, 7) is 0.101. The third-order valence-electron chi connectivity index (χ3n) is 3.57. The van der Waals surface area contributed by atoms with Gasteiger partial charge in [0.05, 0.1) is 37.1 Å². The van der Waals surface area contributed by atoms with E-state index in [1.807, 2.05) is 0 Å². The minimum Gasteiger partial charge on any atom is -0.490 e. The number of alkyl halides is 3. The van der Waals surface area contributed by atoms with E-state index in [9.17, 15) is 18.0 Å². The Morgan fingerprint density at radius 3 is 2.75 bits per heavy atom. The molecule has 0 atom stereocenters. The van der Waals surface area contributed by atoms with E-state index in [1.165, 1.54) is 30.3 Å². The molecule has 1 aromatic carbocycles. The van der Waals surface area contributed by atoms with Crippen LogP contribution < -0.4 is 4.74 Å². The lowest BCUT2D eigenvalue weighted by molar-refractivity contribution is -0.139. The number of carbonyl (C=O) groups excluding carboxylic acids is 1. The average molecular weight is 340 g/mol. The number of carbonyl (C=O) groups is 1. The Labute approximate surface area is 136 Å². The highest BCUT2D eigenvalue weighted by atomic mass is 19.4. The number of hydrogen-bond donors (Lipinski definition) is 0. The molecule has 1 aliphatic carbocycles. The highest BCUT2D eigenvalue weighted by molar-refractivity contribution is 5.88. The van der Waals surface area contributed by atoms with E-state index < -0.39 is 17.7 Å². The highest BCUT2D eigenvalue weighted by Crippen LogP contribution is 2.39. The maximum Gasteiger partial charge on any atom is 0.419 e. The Hall–Kier alpha value is -2.51. The summed E-state index contributed by atoms with van der Waals surface area (Å²) in [5.41, 5.74) is -0.153. The fourth-order valence-electron chi connectivity index (χ4n) is 2.23. The lowest BCUT2D eigenvalue weighted by Crippen LogP contribution is -2.11. The number of nitrogens with zero attached hydrogens (tertiary/aromatic N) is 2. The molecular formula is C16H15F3N2O3. The summed E-state index contributed by atoms with van der Waals surface area (Å²) < 4.78 is 51.0. The molecule has 24 heavy (non-hydrogen) atoms. The molecule has 128 valence electrons. The van der Waals surface area contributed by atoms with Crippen LogP contribution in [0.5, 0.6) is 5.75 Å². The predicted molar refractivity (Wildman–Crippen MR) is 77.8 cm³/mol. The largest absolute Gasteiger partial charge is 0.490 e. The molecule has 1 heterocycles. The average Bonchev–Trinajstić information content (AvgIpc) is 3.23. The van der Waals surface area contributed by atoms with Gasteiger partial charge in [-0.1, -0.05) is 6.07 Å². The van der Waals surface area contributed by atoms with Crippen LogP contribution in [0.4, 0.5) is 13.2 Å². The van der Waals surface area contributed by atoms with Crippen molar-refractivity contribution in [2.45, 2.75) is 31.7 Å². The second-order valence-electron chi connectivity index (χ2n) is 5.56. The van der Waals surface area contributed by atoms with Crippen molar-refractivity contribution in [3.05, 3.63) is 47.3 Å². The van der Waals surface area contributed by atoms with Crippen molar-refractivity contribution in [3.8, 4) is 5.75 Å². The molecule has 0 aliphatic heterocycles. The first-order valence-corrected chi connectivity index (χ1v) is 7.34. The summed E-state index contributed by atoms with van der Waals surface area (Å²) in [6, 6.07) is 3.95. The third kappa shape index (κ3) is 3.69. The molecule has 1 aromatic heterocycles. The number of aromatic nitrogens is 2. The highest BCUT2D eigenvalue weighted by Gasteiger charge is 2.36. The first-order valence-electron chi connectivity index (χ1n) is 7.34. The van der Waals surface area contributed by atoms with Gasteiger partial charge in [0.1, 0.15) is 5.75 Å². The number of benzene rings is 1. The predicted octanol–water partition coefficient (Wildman–Crippen LogP) is 3.28. The van der Waals surface area contributed by atoms with E-state index in [0.717, 1.165) is 18.9 Å². The van der Waals surface area contributed by atoms with E-state index in [-0.39, 0.29) is 24.0 Å². The number of esters is 1. The zero-order valence-corrected chi connectivity index (χ0v) is 12.8. The summed E-state index contributed by atoms with van der Waals surface area (Å²) >= 11 is 0. The van der Waals surface area contributed by atoms with Crippen molar-refractivity contribution in [1.82, 2.24) is 9.78 Å². The van der Waals surface area contributed by atoms with E-state index in [0.29, 0.717) is 5.56 Å². The number of rotatable bonds is 5. The van der Waals surface area contributed by atoms with Crippen LogP contribution in [0.1, 0.15) is 34.3 Å². The molecule has 5 nitrogen and oxygen atoms in total.